The van der Waals surface area contributed by atoms with E-state index in [1.165, 1.54) is 16.5 Å². The zero-order valence-electron chi connectivity index (χ0n) is 20.1. The number of benzene rings is 3. The molecule has 0 aliphatic carbocycles. The van der Waals surface area contributed by atoms with Crippen molar-refractivity contribution in [1.82, 2.24) is 9.55 Å². The van der Waals surface area contributed by atoms with E-state index in [0.29, 0.717) is 12.5 Å². The van der Waals surface area contributed by atoms with Crippen LogP contribution in [0, 0.1) is 0 Å². The number of thiazole rings is 1. The van der Waals surface area contributed by atoms with Crippen molar-refractivity contribution >= 4 is 43.8 Å². The van der Waals surface area contributed by atoms with Gasteiger partial charge in [0.2, 0.25) is 5.13 Å². The summed E-state index contributed by atoms with van der Waals surface area (Å²) >= 11 is 1.60. The van der Waals surface area contributed by atoms with E-state index >= 15 is 0 Å². The molecule has 0 saturated carbocycles. The third-order valence-electron chi connectivity index (χ3n) is 6.34. The normalized spacial score (nSPS) is 12.5. The zero-order valence-corrected chi connectivity index (χ0v) is 21.0. The van der Waals surface area contributed by atoms with Crippen LogP contribution in [0.3, 0.4) is 0 Å². The fraction of sp³-hybridized carbons (Fsp3) is 0.241. The van der Waals surface area contributed by atoms with Gasteiger partial charge in [0.15, 0.2) is 0 Å². The fourth-order valence-corrected chi connectivity index (χ4v) is 5.11. The van der Waals surface area contributed by atoms with Gasteiger partial charge in [0.1, 0.15) is 5.75 Å². The largest absolute Gasteiger partial charge is 0.493 e. The molecule has 178 valence electrons. The Morgan fingerprint density at radius 1 is 1.06 bits per heavy atom. The number of ether oxygens (including phenoxy) is 1. The highest BCUT2D eigenvalue weighted by Gasteiger charge is 2.10. The molecule has 0 aliphatic heterocycles. The van der Waals surface area contributed by atoms with Crippen molar-refractivity contribution in [2.45, 2.75) is 39.2 Å². The molecule has 1 atom stereocenters. The number of hydrazone groups is 1. The van der Waals surface area contributed by atoms with Crippen molar-refractivity contribution in [3.05, 3.63) is 90.1 Å². The Morgan fingerprint density at radius 2 is 1.86 bits per heavy atom. The lowest BCUT2D eigenvalue weighted by Crippen LogP contribution is -2.06. The first-order valence-corrected chi connectivity index (χ1v) is 13.0. The van der Waals surface area contributed by atoms with Gasteiger partial charge < -0.3 is 9.30 Å². The molecule has 0 saturated heterocycles. The molecule has 1 N–H and O–H groups in total. The van der Waals surface area contributed by atoms with Crippen LogP contribution in [-0.2, 0) is 6.54 Å². The van der Waals surface area contributed by atoms with E-state index in [1.54, 1.807) is 11.3 Å². The Hall–Kier alpha value is -3.64. The summed E-state index contributed by atoms with van der Waals surface area (Å²) in [5.74, 6) is 1.51. The summed E-state index contributed by atoms with van der Waals surface area (Å²) in [5.41, 5.74) is 7.66. The summed E-state index contributed by atoms with van der Waals surface area (Å²) in [6.45, 7) is 6.03. The van der Waals surface area contributed by atoms with Crippen LogP contribution in [0.4, 0.5) is 5.13 Å². The molecule has 35 heavy (non-hydrogen) atoms. The Labute approximate surface area is 210 Å². The molecular formula is C29H30N4OS. The van der Waals surface area contributed by atoms with Crippen molar-refractivity contribution in [1.29, 1.82) is 0 Å². The first kappa shape index (κ1) is 23.1. The lowest BCUT2D eigenvalue weighted by atomic mass is 9.98. The highest BCUT2D eigenvalue weighted by Crippen LogP contribution is 2.29. The number of fused-ring (bicyclic) bond motifs is 2. The molecule has 2 heterocycles. The number of rotatable bonds is 10. The highest BCUT2D eigenvalue weighted by molar-refractivity contribution is 7.22. The predicted octanol–water partition coefficient (Wildman–Crippen LogP) is 7.68. The minimum absolute atomic E-state index is 0.498. The molecule has 0 bridgehead atoms. The van der Waals surface area contributed by atoms with Gasteiger partial charge in [-0.25, -0.2) is 4.98 Å². The zero-order chi connectivity index (χ0) is 24.0. The summed E-state index contributed by atoms with van der Waals surface area (Å²) in [6, 6.07) is 25.0. The minimum Gasteiger partial charge on any atom is -0.493 e. The van der Waals surface area contributed by atoms with E-state index < -0.39 is 0 Å². The highest BCUT2D eigenvalue weighted by atomic mass is 32.1. The SMILES string of the molecule is CC[C@@H](C)c1ccccc1OCCCn1cc(/C=N\Nc2nc3ccccc3s2)c2ccccc21. The van der Waals surface area contributed by atoms with Crippen LogP contribution in [0.15, 0.2) is 84.1 Å². The molecule has 0 aliphatic rings. The quantitative estimate of drug-likeness (QED) is 0.126. The van der Waals surface area contributed by atoms with Gasteiger partial charge in [0, 0.05) is 29.2 Å². The molecule has 0 radical (unpaired) electrons. The number of aryl methyl sites for hydroxylation is 1. The second kappa shape index (κ2) is 10.7. The standard InChI is InChI=1S/C29H30N4OS/c1-3-21(2)23-11-5-8-15-27(23)34-18-10-17-33-20-22(24-12-4-7-14-26(24)33)19-30-32-29-31-25-13-6-9-16-28(25)35-29/h4-9,11-16,19-21H,3,10,17-18H2,1-2H3,(H,31,32)/b30-19-/t21-/m1/s1. The Morgan fingerprint density at radius 3 is 2.74 bits per heavy atom. The average Bonchev–Trinajstić information content (AvgIpc) is 3.47. The van der Waals surface area contributed by atoms with E-state index in [9.17, 15) is 0 Å². The van der Waals surface area contributed by atoms with Gasteiger partial charge in [-0.05, 0) is 48.6 Å². The second-order valence-electron chi connectivity index (χ2n) is 8.70. The number of para-hydroxylation sites is 3. The average molecular weight is 483 g/mol. The van der Waals surface area contributed by atoms with Gasteiger partial charge in [-0.15, -0.1) is 0 Å². The number of anilines is 1. The fourth-order valence-electron chi connectivity index (χ4n) is 4.30. The topological polar surface area (TPSA) is 51.4 Å². The molecule has 0 spiro atoms. The van der Waals surface area contributed by atoms with Crippen molar-refractivity contribution in [3.8, 4) is 5.75 Å². The maximum atomic E-state index is 6.18. The van der Waals surface area contributed by atoms with Gasteiger partial charge in [-0.3, -0.25) is 5.43 Å². The van der Waals surface area contributed by atoms with E-state index in [2.05, 4.69) is 94.7 Å². The monoisotopic (exact) mass is 482 g/mol. The minimum atomic E-state index is 0.498. The lowest BCUT2D eigenvalue weighted by Gasteiger charge is -2.15. The lowest BCUT2D eigenvalue weighted by molar-refractivity contribution is 0.298. The van der Waals surface area contributed by atoms with E-state index in [-0.39, 0.29) is 0 Å². The van der Waals surface area contributed by atoms with Crippen LogP contribution < -0.4 is 10.2 Å². The Balaban J connectivity index is 1.25. The summed E-state index contributed by atoms with van der Waals surface area (Å²) < 4.78 is 9.62. The number of hydrogen-bond acceptors (Lipinski definition) is 5. The summed E-state index contributed by atoms with van der Waals surface area (Å²) in [4.78, 5) is 4.58. The van der Waals surface area contributed by atoms with E-state index in [4.69, 9.17) is 4.74 Å². The summed E-state index contributed by atoms with van der Waals surface area (Å²) in [5, 5.41) is 6.45. The number of hydrogen-bond donors (Lipinski definition) is 1. The maximum absolute atomic E-state index is 6.18. The maximum Gasteiger partial charge on any atom is 0.204 e. The Bertz CT molecular complexity index is 1420. The summed E-state index contributed by atoms with van der Waals surface area (Å²) in [6.07, 6.45) is 6.08. The molecule has 2 aromatic heterocycles. The van der Waals surface area contributed by atoms with Gasteiger partial charge in [0.25, 0.3) is 0 Å². The van der Waals surface area contributed by atoms with Crippen LogP contribution in [0.1, 0.15) is 43.7 Å². The molecule has 0 fully saturated rings. The van der Waals surface area contributed by atoms with Crippen molar-refractivity contribution in [3.63, 3.8) is 0 Å². The van der Waals surface area contributed by atoms with Gasteiger partial charge in [-0.2, -0.15) is 5.10 Å². The molecular weight excluding hydrogens is 452 g/mol. The van der Waals surface area contributed by atoms with Gasteiger partial charge >= 0.3 is 0 Å². The van der Waals surface area contributed by atoms with Crippen LogP contribution in [0.25, 0.3) is 21.1 Å². The van der Waals surface area contributed by atoms with Gasteiger partial charge in [0.05, 0.1) is 23.0 Å². The molecule has 6 heteroatoms. The molecule has 5 aromatic rings. The van der Waals surface area contributed by atoms with E-state index in [0.717, 1.165) is 46.0 Å². The molecule has 3 aromatic carbocycles. The van der Waals surface area contributed by atoms with Crippen molar-refractivity contribution in [2.24, 2.45) is 5.10 Å². The molecule has 0 amide bonds. The third kappa shape index (κ3) is 5.23. The van der Waals surface area contributed by atoms with Gasteiger partial charge in [-0.1, -0.05) is 73.7 Å². The first-order chi connectivity index (χ1) is 17.2. The predicted molar refractivity (Wildman–Crippen MR) is 148 cm³/mol. The number of aromatic nitrogens is 2. The van der Waals surface area contributed by atoms with E-state index in [1.807, 2.05) is 24.4 Å². The van der Waals surface area contributed by atoms with Crippen LogP contribution in [-0.4, -0.2) is 22.4 Å². The smallest absolute Gasteiger partial charge is 0.204 e. The number of nitrogens with zero attached hydrogens (tertiary/aromatic N) is 3. The first-order valence-electron chi connectivity index (χ1n) is 12.2. The van der Waals surface area contributed by atoms with Crippen LogP contribution >= 0.6 is 11.3 Å². The second-order valence-corrected chi connectivity index (χ2v) is 9.73. The Kier molecular flexibility index (Phi) is 7.09. The van der Waals surface area contributed by atoms with Crippen molar-refractivity contribution < 1.29 is 4.74 Å². The molecule has 5 rings (SSSR count). The third-order valence-corrected chi connectivity index (χ3v) is 7.28. The number of nitrogens with one attached hydrogen (secondary N) is 1. The molecule has 5 nitrogen and oxygen atoms in total. The summed E-state index contributed by atoms with van der Waals surface area (Å²) in [7, 11) is 0. The molecule has 0 unspecified atom stereocenters. The van der Waals surface area contributed by atoms with Crippen molar-refractivity contribution in [2.75, 3.05) is 12.0 Å². The van der Waals surface area contributed by atoms with Crippen LogP contribution in [0.2, 0.25) is 0 Å². The van der Waals surface area contributed by atoms with Crippen LogP contribution in [0.5, 0.6) is 5.75 Å².